The molecule has 2 aromatic rings. The average Bonchev–Trinajstić information content (AvgIpc) is 2.46. The Bertz CT molecular complexity index is 647. The Morgan fingerprint density at radius 1 is 1.29 bits per heavy atom. The Hall–Kier alpha value is -1.79. The van der Waals surface area contributed by atoms with Gasteiger partial charge in [-0.15, -0.1) is 0 Å². The fourth-order valence-electron chi connectivity index (χ4n) is 1.99. The fourth-order valence-corrected chi connectivity index (χ4v) is 2.34. The monoisotopic (exact) mass is 352 g/mol. The first kappa shape index (κ1) is 15.6. The van der Waals surface area contributed by atoms with Crippen LogP contribution in [0.2, 0.25) is 0 Å². The van der Waals surface area contributed by atoms with Crippen LogP contribution in [0.25, 0.3) is 0 Å². The van der Waals surface area contributed by atoms with E-state index in [1.807, 2.05) is 6.92 Å². The first-order valence-corrected chi connectivity index (χ1v) is 7.18. The highest BCUT2D eigenvalue weighted by Crippen LogP contribution is 2.24. The molecular formula is C15H14BrFN2O2. The van der Waals surface area contributed by atoms with E-state index in [9.17, 15) is 14.5 Å². The minimum Gasteiger partial charge on any atom is -0.306 e. The predicted molar refractivity (Wildman–Crippen MR) is 82.5 cm³/mol. The van der Waals surface area contributed by atoms with Crippen LogP contribution < -0.4 is 5.32 Å². The third-order valence-corrected chi connectivity index (χ3v) is 3.71. The molecule has 1 atom stereocenters. The van der Waals surface area contributed by atoms with Crippen LogP contribution in [0.1, 0.15) is 24.1 Å². The molecule has 0 fully saturated rings. The van der Waals surface area contributed by atoms with Crippen LogP contribution in [0.15, 0.2) is 46.9 Å². The fraction of sp³-hybridized carbons (Fsp3) is 0.200. The number of benzene rings is 2. The number of hydrogen-bond acceptors (Lipinski definition) is 3. The van der Waals surface area contributed by atoms with Crippen LogP contribution in [0.4, 0.5) is 10.1 Å². The lowest BCUT2D eigenvalue weighted by molar-refractivity contribution is -0.385. The maximum atomic E-state index is 12.9. The second kappa shape index (κ2) is 6.78. The van der Waals surface area contributed by atoms with E-state index in [1.165, 1.54) is 18.2 Å². The van der Waals surface area contributed by atoms with Gasteiger partial charge in [-0.3, -0.25) is 10.1 Å². The normalized spacial score (nSPS) is 12.1. The zero-order chi connectivity index (χ0) is 15.4. The van der Waals surface area contributed by atoms with Crippen molar-refractivity contribution in [2.75, 3.05) is 0 Å². The zero-order valence-electron chi connectivity index (χ0n) is 11.3. The molecule has 0 heterocycles. The van der Waals surface area contributed by atoms with Gasteiger partial charge in [-0.2, -0.15) is 0 Å². The topological polar surface area (TPSA) is 55.2 Å². The second-order valence-corrected chi connectivity index (χ2v) is 5.60. The lowest BCUT2D eigenvalue weighted by atomic mass is 10.1. The van der Waals surface area contributed by atoms with Gasteiger partial charge >= 0.3 is 0 Å². The summed E-state index contributed by atoms with van der Waals surface area (Å²) in [5.74, 6) is -0.283. The van der Waals surface area contributed by atoms with Crippen molar-refractivity contribution in [3.05, 3.63) is 74.0 Å². The average molecular weight is 353 g/mol. The molecule has 0 aromatic heterocycles. The number of nitrogens with one attached hydrogen (secondary N) is 1. The zero-order valence-corrected chi connectivity index (χ0v) is 12.9. The van der Waals surface area contributed by atoms with Gasteiger partial charge in [0, 0.05) is 28.7 Å². The summed E-state index contributed by atoms with van der Waals surface area (Å²) < 4.78 is 13.6. The minimum absolute atomic E-state index is 0.0335. The van der Waals surface area contributed by atoms with Gasteiger partial charge in [0.2, 0.25) is 0 Å². The molecule has 0 unspecified atom stereocenters. The summed E-state index contributed by atoms with van der Waals surface area (Å²) in [7, 11) is 0. The molecule has 0 saturated heterocycles. The van der Waals surface area contributed by atoms with E-state index >= 15 is 0 Å². The Morgan fingerprint density at radius 3 is 2.57 bits per heavy atom. The van der Waals surface area contributed by atoms with Gasteiger partial charge in [-0.1, -0.05) is 28.1 Å². The second-order valence-electron chi connectivity index (χ2n) is 4.68. The molecule has 0 amide bonds. The molecule has 6 heteroatoms. The van der Waals surface area contributed by atoms with E-state index in [0.717, 1.165) is 5.56 Å². The van der Waals surface area contributed by atoms with E-state index in [2.05, 4.69) is 21.2 Å². The quantitative estimate of drug-likeness (QED) is 0.642. The molecule has 2 rings (SSSR count). The van der Waals surface area contributed by atoms with Crippen LogP contribution in [0.3, 0.4) is 0 Å². The van der Waals surface area contributed by atoms with Crippen LogP contribution in [-0.2, 0) is 6.54 Å². The first-order chi connectivity index (χ1) is 9.97. The van der Waals surface area contributed by atoms with Crippen LogP contribution in [0.5, 0.6) is 0 Å². The van der Waals surface area contributed by atoms with Crippen molar-refractivity contribution in [1.82, 2.24) is 5.32 Å². The molecule has 4 nitrogen and oxygen atoms in total. The van der Waals surface area contributed by atoms with Gasteiger partial charge in [0.1, 0.15) is 5.82 Å². The molecule has 0 aliphatic carbocycles. The van der Waals surface area contributed by atoms with E-state index < -0.39 is 4.92 Å². The van der Waals surface area contributed by atoms with Gasteiger partial charge < -0.3 is 5.32 Å². The summed E-state index contributed by atoms with van der Waals surface area (Å²) in [6.07, 6.45) is 0. The standard InChI is InChI=1S/C15H14BrFN2O2/c1-10(11-3-6-14(17)7-4-11)18-9-12-2-5-13(16)8-15(12)19(20)21/h2-8,10,18H,9H2,1H3/t10-/m1/s1. The Labute approximate surface area is 130 Å². The van der Waals surface area contributed by atoms with Crippen molar-refractivity contribution in [3.8, 4) is 0 Å². The predicted octanol–water partition coefficient (Wildman–Crippen LogP) is 4.35. The van der Waals surface area contributed by atoms with Crippen LogP contribution in [-0.4, -0.2) is 4.92 Å². The first-order valence-electron chi connectivity index (χ1n) is 6.39. The highest BCUT2D eigenvalue weighted by Gasteiger charge is 2.15. The minimum atomic E-state index is -0.398. The number of nitrogens with zero attached hydrogens (tertiary/aromatic N) is 1. The number of nitro benzene ring substituents is 1. The molecule has 21 heavy (non-hydrogen) atoms. The number of nitro groups is 1. The van der Waals surface area contributed by atoms with Crippen molar-refractivity contribution >= 4 is 21.6 Å². The van der Waals surface area contributed by atoms with E-state index in [1.54, 1.807) is 24.3 Å². The summed E-state index contributed by atoms with van der Waals surface area (Å²) in [5.41, 5.74) is 1.61. The highest BCUT2D eigenvalue weighted by atomic mass is 79.9. The lowest BCUT2D eigenvalue weighted by Gasteiger charge is -2.14. The molecule has 0 saturated carbocycles. The molecule has 110 valence electrons. The van der Waals surface area contributed by atoms with Crippen molar-refractivity contribution in [2.24, 2.45) is 0 Å². The van der Waals surface area contributed by atoms with Gasteiger partial charge in [-0.25, -0.2) is 4.39 Å². The van der Waals surface area contributed by atoms with Crippen molar-refractivity contribution in [1.29, 1.82) is 0 Å². The molecule has 0 radical (unpaired) electrons. The van der Waals surface area contributed by atoms with E-state index in [-0.39, 0.29) is 17.5 Å². The van der Waals surface area contributed by atoms with E-state index in [0.29, 0.717) is 16.6 Å². The summed E-state index contributed by atoms with van der Waals surface area (Å²) in [6, 6.07) is 11.1. The molecule has 0 aliphatic rings. The van der Waals surface area contributed by atoms with Crippen molar-refractivity contribution < 1.29 is 9.31 Å². The number of halogens is 2. The van der Waals surface area contributed by atoms with Crippen molar-refractivity contribution in [3.63, 3.8) is 0 Å². The van der Waals surface area contributed by atoms with Crippen molar-refractivity contribution in [2.45, 2.75) is 19.5 Å². The summed E-state index contributed by atoms with van der Waals surface area (Å²) >= 11 is 3.23. The van der Waals surface area contributed by atoms with Gasteiger partial charge in [-0.05, 0) is 36.8 Å². The Balaban J connectivity index is 2.09. The number of rotatable bonds is 5. The lowest BCUT2D eigenvalue weighted by Crippen LogP contribution is -2.18. The molecule has 2 aromatic carbocycles. The SMILES string of the molecule is C[C@@H](NCc1ccc(Br)cc1[N+](=O)[O-])c1ccc(F)cc1. The highest BCUT2D eigenvalue weighted by molar-refractivity contribution is 9.10. The van der Waals surface area contributed by atoms with Gasteiger partial charge in [0.15, 0.2) is 0 Å². The smallest absolute Gasteiger partial charge is 0.275 e. The number of hydrogen-bond donors (Lipinski definition) is 1. The summed E-state index contributed by atoms with van der Waals surface area (Å²) in [6.45, 7) is 2.29. The van der Waals surface area contributed by atoms with Crippen LogP contribution in [0, 0.1) is 15.9 Å². The third-order valence-electron chi connectivity index (χ3n) is 3.21. The molecule has 0 bridgehead atoms. The molecule has 0 aliphatic heterocycles. The maximum absolute atomic E-state index is 12.9. The largest absolute Gasteiger partial charge is 0.306 e. The van der Waals surface area contributed by atoms with Gasteiger partial charge in [0.25, 0.3) is 5.69 Å². The molecule has 1 N–H and O–H groups in total. The maximum Gasteiger partial charge on any atom is 0.275 e. The van der Waals surface area contributed by atoms with Crippen LogP contribution >= 0.6 is 15.9 Å². The van der Waals surface area contributed by atoms with E-state index in [4.69, 9.17) is 0 Å². The van der Waals surface area contributed by atoms with Gasteiger partial charge in [0.05, 0.1) is 4.92 Å². The summed E-state index contributed by atoms with van der Waals surface area (Å²) in [5, 5.41) is 14.2. The third kappa shape index (κ3) is 4.09. The Kier molecular flexibility index (Phi) is 5.03. The Morgan fingerprint density at radius 2 is 1.95 bits per heavy atom. The molecular weight excluding hydrogens is 339 g/mol. The molecule has 0 spiro atoms. The summed E-state index contributed by atoms with van der Waals surface area (Å²) in [4.78, 5) is 10.6.